The van der Waals surface area contributed by atoms with Gasteiger partial charge in [0.1, 0.15) is 0 Å². The minimum atomic E-state index is -0.0000965. The van der Waals surface area contributed by atoms with Gasteiger partial charge in [-0.3, -0.25) is 0 Å². The summed E-state index contributed by atoms with van der Waals surface area (Å²) in [5.41, 5.74) is 2.17. The van der Waals surface area contributed by atoms with Crippen LogP contribution in [0.2, 0.25) is 0 Å². The van der Waals surface area contributed by atoms with Crippen LogP contribution in [0.25, 0.3) is 0 Å². The molecule has 1 rings (SSSR count). The van der Waals surface area contributed by atoms with Gasteiger partial charge >= 0.3 is 0 Å². The van der Waals surface area contributed by atoms with Crippen LogP contribution >= 0.6 is 11.8 Å². The van der Waals surface area contributed by atoms with Gasteiger partial charge < -0.3 is 9.72 Å². The third-order valence-electron chi connectivity index (χ3n) is 2.18. The van der Waals surface area contributed by atoms with E-state index < -0.39 is 0 Å². The Bertz CT molecular complexity index is 449. The van der Waals surface area contributed by atoms with Crippen LogP contribution in [0.5, 0.6) is 0 Å². The quantitative estimate of drug-likeness (QED) is 0.273. The monoisotopic (exact) mass is 281 g/mol. The first-order valence-electron chi connectivity index (χ1n) is 6.06. The highest BCUT2D eigenvalue weighted by atomic mass is 32.2. The Hall–Kier alpha value is -1.68. The predicted octanol–water partition coefficient (Wildman–Crippen LogP) is 1.80. The van der Waals surface area contributed by atoms with Crippen molar-refractivity contribution in [3.8, 4) is 6.19 Å². The Kier molecular flexibility index (Phi) is 6.82. The molecule has 6 nitrogen and oxygen atoms in total. The second-order valence-electron chi connectivity index (χ2n) is 4.11. The summed E-state index contributed by atoms with van der Waals surface area (Å²) in [6, 6.07) is 0.288. The number of hydrogen-bond acceptors (Lipinski definition) is 5. The number of aryl methyl sites for hydroxylation is 1. The van der Waals surface area contributed by atoms with Crippen LogP contribution in [-0.2, 0) is 10.5 Å². The average molecular weight is 281 g/mol. The molecule has 104 valence electrons. The van der Waals surface area contributed by atoms with E-state index in [1.54, 1.807) is 18.1 Å². The molecule has 0 unspecified atom stereocenters. The Labute approximate surface area is 117 Å². The molecule has 1 heterocycles. The summed E-state index contributed by atoms with van der Waals surface area (Å²) in [6.45, 7) is 6.37. The molecular formula is C12H19N5OS. The van der Waals surface area contributed by atoms with Crippen LogP contribution in [0, 0.1) is 18.4 Å². The summed E-state index contributed by atoms with van der Waals surface area (Å²) in [5.74, 6) is 1.74. The number of hydrogen-bond donors (Lipinski definition) is 2. The van der Waals surface area contributed by atoms with Crippen LogP contribution in [0.4, 0.5) is 0 Å². The second kappa shape index (κ2) is 8.43. The summed E-state index contributed by atoms with van der Waals surface area (Å²) >= 11 is 1.76. The highest BCUT2D eigenvalue weighted by molar-refractivity contribution is 7.98. The molecule has 7 heteroatoms. The first-order chi connectivity index (χ1) is 9.13. The maximum atomic E-state index is 8.57. The topological polar surface area (TPSA) is 86.1 Å². The summed E-state index contributed by atoms with van der Waals surface area (Å²) < 4.78 is 5.35. The fourth-order valence-corrected chi connectivity index (χ4v) is 2.16. The van der Waals surface area contributed by atoms with Crippen LogP contribution < -0.4 is 5.32 Å². The van der Waals surface area contributed by atoms with Gasteiger partial charge in [-0.25, -0.2) is 15.3 Å². The Morgan fingerprint density at radius 2 is 2.47 bits per heavy atom. The maximum absolute atomic E-state index is 8.57. The van der Waals surface area contributed by atoms with E-state index in [2.05, 4.69) is 20.3 Å². The van der Waals surface area contributed by atoms with E-state index in [4.69, 9.17) is 10.00 Å². The van der Waals surface area contributed by atoms with E-state index in [1.807, 2.05) is 27.0 Å². The number of nitriles is 1. The molecular weight excluding hydrogens is 262 g/mol. The van der Waals surface area contributed by atoms with E-state index in [9.17, 15) is 0 Å². The second-order valence-corrected chi connectivity index (χ2v) is 5.21. The smallest absolute Gasteiger partial charge is 0.298 e. The number of nitrogens with one attached hydrogen (secondary N) is 2. The molecule has 0 amide bonds. The van der Waals surface area contributed by atoms with E-state index in [0.29, 0.717) is 6.54 Å². The fourth-order valence-electron chi connectivity index (χ4n) is 1.30. The molecule has 0 bridgehead atoms. The third-order valence-corrected chi connectivity index (χ3v) is 3.15. The minimum Gasteiger partial charge on any atom is -0.462 e. The van der Waals surface area contributed by atoms with Crippen molar-refractivity contribution in [1.29, 1.82) is 5.26 Å². The van der Waals surface area contributed by atoms with E-state index >= 15 is 0 Å². The van der Waals surface area contributed by atoms with Gasteiger partial charge in [0.15, 0.2) is 6.19 Å². The molecule has 0 aliphatic rings. The largest absolute Gasteiger partial charge is 0.462 e. The van der Waals surface area contributed by atoms with Crippen LogP contribution in [0.15, 0.2) is 11.3 Å². The molecule has 2 N–H and O–H groups in total. The molecule has 0 aliphatic heterocycles. The number of nitrogens with zero attached hydrogens (tertiary/aromatic N) is 3. The van der Waals surface area contributed by atoms with Gasteiger partial charge in [-0.05, 0) is 20.8 Å². The molecule has 0 radical (unpaired) electrons. The highest BCUT2D eigenvalue weighted by Crippen LogP contribution is 2.12. The number of aromatic amines is 1. The van der Waals surface area contributed by atoms with E-state index in [0.717, 1.165) is 22.9 Å². The lowest BCUT2D eigenvalue weighted by atomic mass is 10.4. The van der Waals surface area contributed by atoms with E-state index in [1.165, 1.54) is 0 Å². The normalized spacial score (nSPS) is 11.4. The lowest BCUT2D eigenvalue weighted by Gasteiger charge is -2.09. The first kappa shape index (κ1) is 15.4. The zero-order chi connectivity index (χ0) is 14.1. The van der Waals surface area contributed by atoms with Crippen molar-refractivity contribution in [1.82, 2.24) is 15.3 Å². The molecule has 0 spiro atoms. The van der Waals surface area contributed by atoms with Gasteiger partial charge in [0, 0.05) is 17.2 Å². The molecule has 0 aliphatic carbocycles. The van der Waals surface area contributed by atoms with Gasteiger partial charge in [0.2, 0.25) is 0 Å². The van der Waals surface area contributed by atoms with Crippen LogP contribution in [0.3, 0.4) is 0 Å². The Balaban J connectivity index is 2.27. The van der Waals surface area contributed by atoms with Gasteiger partial charge in [-0.15, -0.1) is 0 Å². The zero-order valence-electron chi connectivity index (χ0n) is 11.4. The number of aromatic nitrogens is 2. The van der Waals surface area contributed by atoms with Gasteiger partial charge in [0.25, 0.3) is 6.02 Å². The van der Waals surface area contributed by atoms with Crippen molar-refractivity contribution < 1.29 is 4.74 Å². The number of imidazole rings is 1. The minimum absolute atomic E-state index is 0.0000965. The van der Waals surface area contributed by atoms with Crippen molar-refractivity contribution in [2.45, 2.75) is 32.6 Å². The molecule has 1 aromatic heterocycles. The molecule has 0 atom stereocenters. The Morgan fingerprint density at radius 3 is 3.05 bits per heavy atom. The molecule has 0 saturated carbocycles. The van der Waals surface area contributed by atoms with Gasteiger partial charge in [-0.1, -0.05) is 0 Å². The molecule has 0 fully saturated rings. The number of aliphatic imine (C=N–C) groups is 1. The fraction of sp³-hybridized carbons (Fsp3) is 0.583. The van der Waals surface area contributed by atoms with Crippen molar-refractivity contribution >= 4 is 17.8 Å². The van der Waals surface area contributed by atoms with Gasteiger partial charge in [-0.2, -0.15) is 17.0 Å². The lowest BCUT2D eigenvalue weighted by Crippen LogP contribution is -2.25. The summed E-state index contributed by atoms with van der Waals surface area (Å²) in [4.78, 5) is 11.5. The number of amidine groups is 1. The van der Waals surface area contributed by atoms with E-state index in [-0.39, 0.29) is 12.1 Å². The maximum Gasteiger partial charge on any atom is 0.298 e. The first-order valence-corrected chi connectivity index (χ1v) is 7.21. The number of rotatable bonds is 6. The number of thioether (sulfide) groups is 1. The van der Waals surface area contributed by atoms with Crippen molar-refractivity contribution in [3.63, 3.8) is 0 Å². The standard InChI is InChI=1S/C12H19N5OS/c1-9(2)18-12(15-7-13)14-4-5-19-6-11-10(3)16-8-17-11/h8-9H,4-6H2,1-3H3,(H,14,15)(H,16,17). The van der Waals surface area contributed by atoms with Crippen molar-refractivity contribution in [2.24, 2.45) is 4.99 Å². The lowest BCUT2D eigenvalue weighted by molar-refractivity contribution is 0.219. The average Bonchev–Trinajstić information content (AvgIpc) is 2.74. The SMILES string of the molecule is Cc1nc[nH]c1CSCC/N=C(/NC#N)OC(C)C. The van der Waals surface area contributed by atoms with Crippen LogP contribution in [0.1, 0.15) is 25.2 Å². The third kappa shape index (κ3) is 6.15. The highest BCUT2D eigenvalue weighted by Gasteiger charge is 2.03. The summed E-state index contributed by atoms with van der Waals surface area (Å²) in [5, 5.41) is 11.0. The van der Waals surface area contributed by atoms with Crippen molar-refractivity contribution in [3.05, 3.63) is 17.7 Å². The predicted molar refractivity (Wildman–Crippen MR) is 76.8 cm³/mol. The molecule has 0 saturated heterocycles. The molecule has 1 aromatic rings. The van der Waals surface area contributed by atoms with Crippen molar-refractivity contribution in [2.75, 3.05) is 12.3 Å². The number of ether oxygens (including phenoxy) is 1. The molecule has 0 aromatic carbocycles. The Morgan fingerprint density at radius 1 is 1.68 bits per heavy atom. The zero-order valence-corrected chi connectivity index (χ0v) is 12.3. The van der Waals surface area contributed by atoms with Gasteiger partial charge in [0.05, 0.1) is 24.7 Å². The van der Waals surface area contributed by atoms with Crippen LogP contribution in [-0.4, -0.2) is 34.4 Å². The molecule has 19 heavy (non-hydrogen) atoms. The summed E-state index contributed by atoms with van der Waals surface area (Å²) in [6.07, 6.45) is 3.52. The summed E-state index contributed by atoms with van der Waals surface area (Å²) in [7, 11) is 0. The number of H-pyrrole nitrogens is 1.